The lowest BCUT2D eigenvalue weighted by Gasteiger charge is -2.38. The molecule has 1 atom stereocenters. The van der Waals surface area contributed by atoms with Gasteiger partial charge in [0.15, 0.2) is 5.78 Å². The van der Waals surface area contributed by atoms with E-state index in [0.717, 1.165) is 54.7 Å². The highest BCUT2D eigenvalue weighted by Crippen LogP contribution is 2.49. The van der Waals surface area contributed by atoms with Crippen molar-refractivity contribution in [2.75, 3.05) is 31.0 Å². The number of nitrogens with zero attached hydrogens (tertiary/aromatic N) is 1. The second-order valence-electron chi connectivity index (χ2n) is 11.2. The Morgan fingerprint density at radius 2 is 1.84 bits per heavy atom. The molecule has 5 rings (SSSR count). The van der Waals surface area contributed by atoms with Gasteiger partial charge < -0.3 is 25.0 Å². The number of hydrogen-bond donors (Lipinski definition) is 2. The van der Waals surface area contributed by atoms with Crippen LogP contribution in [0.3, 0.4) is 0 Å². The number of Topliss-reactive ketones (excluding diaryl/α,β-unsaturated/α-hetero) is 1. The number of carbonyl (C=O) groups excluding carboxylic acids is 2. The van der Waals surface area contributed by atoms with Crippen molar-refractivity contribution in [3.8, 4) is 11.5 Å². The Labute approximate surface area is 219 Å². The second-order valence-corrected chi connectivity index (χ2v) is 11.2. The predicted octanol–water partition coefficient (Wildman–Crippen LogP) is 5.38. The average molecular weight is 504 g/mol. The maximum atomic E-state index is 13.9. The molecule has 2 N–H and O–H groups in total. The third-order valence-corrected chi connectivity index (χ3v) is 7.77. The molecule has 3 aliphatic rings. The normalized spacial score (nSPS) is 21.0. The van der Waals surface area contributed by atoms with Gasteiger partial charge in [0.2, 0.25) is 5.91 Å². The van der Waals surface area contributed by atoms with E-state index in [1.54, 1.807) is 14.2 Å². The molecule has 2 aliphatic carbocycles. The topological polar surface area (TPSA) is 79.9 Å². The predicted molar refractivity (Wildman–Crippen MR) is 145 cm³/mol. The fraction of sp³-hybridized carbons (Fsp3) is 0.467. The number of allylic oxidation sites excluding steroid dienone is 1. The minimum Gasteiger partial charge on any atom is -0.497 e. The molecule has 1 saturated carbocycles. The Morgan fingerprint density at radius 3 is 2.57 bits per heavy atom. The van der Waals surface area contributed by atoms with Gasteiger partial charge in [0.05, 0.1) is 38.2 Å². The molecule has 1 unspecified atom stereocenters. The number of benzene rings is 2. The SMILES string of the molecule is COc1ccc(C2C3=C(CC(C)(C)CC3=O)Nc3ccccc3N2CC(=O)NC2CCCC2)c(OC)c1. The molecule has 1 heterocycles. The van der Waals surface area contributed by atoms with Gasteiger partial charge in [-0.3, -0.25) is 9.59 Å². The highest BCUT2D eigenvalue weighted by Gasteiger charge is 2.43. The van der Waals surface area contributed by atoms with Crippen LogP contribution in [0.5, 0.6) is 11.5 Å². The van der Waals surface area contributed by atoms with Crippen LogP contribution in [0.15, 0.2) is 53.7 Å². The van der Waals surface area contributed by atoms with Gasteiger partial charge in [-0.25, -0.2) is 0 Å². The standard InChI is InChI=1S/C30H37N3O4/c1-30(2)16-23-28(25(34)17-30)29(21-14-13-20(36-3)15-26(21)37-4)33(24-12-8-7-11-22(24)32-23)18-27(35)31-19-9-5-6-10-19/h7-8,11-15,19,29,32H,5-6,9-10,16-18H2,1-4H3,(H,31,35). The summed E-state index contributed by atoms with van der Waals surface area (Å²) in [5.41, 5.74) is 4.05. The van der Waals surface area contributed by atoms with Crippen molar-refractivity contribution in [1.29, 1.82) is 0 Å². The maximum absolute atomic E-state index is 13.9. The first-order valence-corrected chi connectivity index (χ1v) is 13.2. The van der Waals surface area contributed by atoms with E-state index < -0.39 is 6.04 Å². The zero-order valence-electron chi connectivity index (χ0n) is 22.2. The van der Waals surface area contributed by atoms with Gasteiger partial charge >= 0.3 is 0 Å². The third kappa shape index (κ3) is 5.04. The zero-order chi connectivity index (χ0) is 26.2. The Bertz CT molecular complexity index is 1230. The molecule has 0 spiro atoms. The Morgan fingerprint density at radius 1 is 1.08 bits per heavy atom. The van der Waals surface area contributed by atoms with Crippen LogP contribution >= 0.6 is 0 Å². The van der Waals surface area contributed by atoms with Crippen molar-refractivity contribution in [3.63, 3.8) is 0 Å². The average Bonchev–Trinajstić information content (AvgIpc) is 3.33. The van der Waals surface area contributed by atoms with E-state index in [4.69, 9.17) is 9.47 Å². The van der Waals surface area contributed by atoms with Gasteiger partial charge in [0.25, 0.3) is 0 Å². The number of nitrogens with one attached hydrogen (secondary N) is 2. The molecule has 37 heavy (non-hydrogen) atoms. The van der Waals surface area contributed by atoms with Gasteiger partial charge in [-0.1, -0.05) is 38.8 Å². The van der Waals surface area contributed by atoms with E-state index in [1.807, 2.05) is 42.5 Å². The molecule has 7 heteroatoms. The number of carbonyl (C=O) groups is 2. The third-order valence-electron chi connectivity index (χ3n) is 7.77. The van der Waals surface area contributed by atoms with Crippen LogP contribution in [0, 0.1) is 5.41 Å². The molecule has 0 bridgehead atoms. The number of fused-ring (bicyclic) bond motifs is 1. The van der Waals surface area contributed by atoms with Crippen LogP contribution in [0.25, 0.3) is 0 Å². The molecule has 2 aromatic carbocycles. The van der Waals surface area contributed by atoms with E-state index in [0.29, 0.717) is 23.5 Å². The quantitative estimate of drug-likeness (QED) is 0.551. The van der Waals surface area contributed by atoms with Gasteiger partial charge in [0, 0.05) is 35.4 Å². The smallest absolute Gasteiger partial charge is 0.239 e. The zero-order valence-corrected chi connectivity index (χ0v) is 22.2. The van der Waals surface area contributed by atoms with Crippen LogP contribution in [0.4, 0.5) is 11.4 Å². The van der Waals surface area contributed by atoms with E-state index in [-0.39, 0.29) is 29.7 Å². The van der Waals surface area contributed by atoms with Gasteiger partial charge in [0.1, 0.15) is 11.5 Å². The van der Waals surface area contributed by atoms with E-state index in [2.05, 4.69) is 29.4 Å². The minimum atomic E-state index is -0.495. The van der Waals surface area contributed by atoms with Gasteiger partial charge in [-0.15, -0.1) is 0 Å². The highest BCUT2D eigenvalue weighted by atomic mass is 16.5. The first kappa shape index (κ1) is 25.2. The number of amides is 1. The fourth-order valence-electron chi connectivity index (χ4n) is 6.09. The molecular weight excluding hydrogens is 466 g/mol. The lowest BCUT2D eigenvalue weighted by Crippen LogP contribution is -2.44. The number of methoxy groups -OCH3 is 2. The van der Waals surface area contributed by atoms with Gasteiger partial charge in [-0.2, -0.15) is 0 Å². The lowest BCUT2D eigenvalue weighted by atomic mass is 9.73. The second kappa shape index (κ2) is 10.1. The number of para-hydroxylation sites is 2. The van der Waals surface area contributed by atoms with E-state index in [9.17, 15) is 9.59 Å². The Kier molecular flexibility index (Phi) is 6.88. The molecule has 0 saturated heterocycles. The largest absolute Gasteiger partial charge is 0.497 e. The maximum Gasteiger partial charge on any atom is 0.239 e. The number of hydrogen-bond acceptors (Lipinski definition) is 6. The van der Waals surface area contributed by atoms with Crippen molar-refractivity contribution in [2.45, 2.75) is 64.5 Å². The van der Waals surface area contributed by atoms with Crippen LogP contribution in [-0.2, 0) is 9.59 Å². The minimum absolute atomic E-state index is 0.0354. The number of ether oxygens (including phenoxy) is 2. The number of rotatable bonds is 6. The monoisotopic (exact) mass is 503 g/mol. The molecule has 0 radical (unpaired) electrons. The van der Waals surface area contributed by atoms with Gasteiger partial charge in [-0.05, 0) is 48.9 Å². The number of ketones is 1. The lowest BCUT2D eigenvalue weighted by molar-refractivity contribution is -0.121. The van der Waals surface area contributed by atoms with E-state index in [1.165, 1.54) is 0 Å². The molecule has 2 aromatic rings. The van der Waals surface area contributed by atoms with E-state index >= 15 is 0 Å². The van der Waals surface area contributed by atoms with Crippen LogP contribution < -0.4 is 25.0 Å². The van der Waals surface area contributed by atoms with Crippen molar-refractivity contribution in [1.82, 2.24) is 5.32 Å². The van der Waals surface area contributed by atoms with Crippen molar-refractivity contribution in [2.24, 2.45) is 5.41 Å². The molecule has 7 nitrogen and oxygen atoms in total. The summed E-state index contributed by atoms with van der Waals surface area (Å²) in [6.45, 7) is 4.38. The Hall–Kier alpha value is -3.48. The number of anilines is 2. The molecular formula is C30H37N3O4. The highest BCUT2D eigenvalue weighted by molar-refractivity contribution is 6.02. The first-order chi connectivity index (χ1) is 17.8. The van der Waals surface area contributed by atoms with Crippen LogP contribution in [-0.4, -0.2) is 38.5 Å². The van der Waals surface area contributed by atoms with Crippen molar-refractivity contribution < 1.29 is 19.1 Å². The summed E-state index contributed by atoms with van der Waals surface area (Å²) in [4.78, 5) is 29.4. The van der Waals surface area contributed by atoms with Crippen molar-refractivity contribution in [3.05, 3.63) is 59.3 Å². The molecule has 1 fully saturated rings. The summed E-state index contributed by atoms with van der Waals surface area (Å²) in [7, 11) is 3.24. The fourth-order valence-corrected chi connectivity index (χ4v) is 6.09. The molecule has 1 aliphatic heterocycles. The van der Waals surface area contributed by atoms with Crippen LogP contribution in [0.1, 0.15) is 64.0 Å². The molecule has 0 aromatic heterocycles. The summed E-state index contributed by atoms with van der Waals surface area (Å²) < 4.78 is 11.3. The summed E-state index contributed by atoms with van der Waals surface area (Å²) in [6, 6.07) is 13.4. The summed E-state index contributed by atoms with van der Waals surface area (Å²) in [5, 5.41) is 6.84. The summed E-state index contributed by atoms with van der Waals surface area (Å²) >= 11 is 0. The van der Waals surface area contributed by atoms with Crippen molar-refractivity contribution >= 4 is 23.1 Å². The van der Waals surface area contributed by atoms with Crippen LogP contribution in [0.2, 0.25) is 0 Å². The molecule has 196 valence electrons. The first-order valence-electron chi connectivity index (χ1n) is 13.2. The summed E-state index contributed by atoms with van der Waals surface area (Å²) in [6.07, 6.45) is 5.51. The summed E-state index contributed by atoms with van der Waals surface area (Å²) in [5.74, 6) is 1.35. The Balaban J connectivity index is 1.67. The molecule has 1 amide bonds.